The highest BCUT2D eigenvalue weighted by molar-refractivity contribution is 6.00. The van der Waals surface area contributed by atoms with E-state index in [0.717, 1.165) is 11.1 Å². The maximum Gasteiger partial charge on any atom is 0.323 e. The molecule has 0 fully saturated rings. The summed E-state index contributed by atoms with van der Waals surface area (Å²) in [7, 11) is 0. The second kappa shape index (κ2) is 11.3. The molecular weight excluding hydrogens is 464 g/mol. The SMILES string of the molecule is CC(C)(C)c1ccccc1Oc1ncccc1NC(=O)Nc1cccc(OCc2cccc(C#N)c2)c1. The molecule has 7 heteroatoms. The van der Waals surface area contributed by atoms with E-state index in [1.807, 2.05) is 36.4 Å². The molecule has 0 atom stereocenters. The minimum absolute atomic E-state index is 0.123. The summed E-state index contributed by atoms with van der Waals surface area (Å²) in [5.74, 6) is 1.57. The zero-order valence-electron chi connectivity index (χ0n) is 21.0. The van der Waals surface area contributed by atoms with E-state index in [4.69, 9.17) is 14.7 Å². The monoisotopic (exact) mass is 492 g/mol. The van der Waals surface area contributed by atoms with Crippen LogP contribution in [0.15, 0.2) is 91.1 Å². The Morgan fingerprint density at radius 1 is 0.946 bits per heavy atom. The Morgan fingerprint density at radius 2 is 1.76 bits per heavy atom. The lowest BCUT2D eigenvalue weighted by molar-refractivity contribution is 0.262. The Kier molecular flexibility index (Phi) is 7.70. The lowest BCUT2D eigenvalue weighted by atomic mass is 9.86. The van der Waals surface area contributed by atoms with E-state index in [1.165, 1.54) is 0 Å². The first-order chi connectivity index (χ1) is 17.8. The quantitative estimate of drug-likeness (QED) is 0.283. The highest BCUT2D eigenvalue weighted by atomic mass is 16.5. The molecule has 37 heavy (non-hydrogen) atoms. The van der Waals surface area contributed by atoms with Gasteiger partial charge in [0.1, 0.15) is 23.8 Å². The van der Waals surface area contributed by atoms with Crippen molar-refractivity contribution in [3.8, 4) is 23.4 Å². The summed E-state index contributed by atoms with van der Waals surface area (Å²) in [4.78, 5) is 17.1. The summed E-state index contributed by atoms with van der Waals surface area (Å²) in [6.45, 7) is 6.64. The summed E-state index contributed by atoms with van der Waals surface area (Å²) in [6, 6.07) is 27.3. The molecule has 2 N–H and O–H groups in total. The number of carbonyl (C=O) groups excluding carboxylic acids is 1. The molecule has 0 saturated heterocycles. The number of rotatable bonds is 7. The lowest BCUT2D eigenvalue weighted by Gasteiger charge is -2.22. The van der Waals surface area contributed by atoms with Crippen molar-refractivity contribution in [3.05, 3.63) is 108 Å². The molecule has 4 rings (SSSR count). The minimum atomic E-state index is -0.444. The van der Waals surface area contributed by atoms with Gasteiger partial charge >= 0.3 is 6.03 Å². The van der Waals surface area contributed by atoms with E-state index in [2.05, 4.69) is 42.5 Å². The fraction of sp³-hybridized carbons (Fsp3) is 0.167. The van der Waals surface area contributed by atoms with E-state index >= 15 is 0 Å². The van der Waals surface area contributed by atoms with E-state index in [9.17, 15) is 4.79 Å². The molecule has 0 aliphatic rings. The molecule has 186 valence electrons. The molecule has 0 aliphatic heterocycles. The molecule has 2 amide bonds. The Labute approximate surface area is 216 Å². The van der Waals surface area contributed by atoms with Gasteiger partial charge in [0.2, 0.25) is 5.88 Å². The predicted octanol–water partition coefficient (Wildman–Crippen LogP) is 7.27. The Morgan fingerprint density at radius 3 is 2.57 bits per heavy atom. The van der Waals surface area contributed by atoms with Crippen molar-refractivity contribution in [3.63, 3.8) is 0 Å². The van der Waals surface area contributed by atoms with Crippen molar-refractivity contribution in [1.29, 1.82) is 5.26 Å². The average Bonchev–Trinajstić information content (AvgIpc) is 2.88. The van der Waals surface area contributed by atoms with Crippen molar-refractivity contribution in [2.24, 2.45) is 0 Å². The third-order valence-corrected chi connectivity index (χ3v) is 5.47. The molecule has 3 aromatic carbocycles. The smallest absolute Gasteiger partial charge is 0.323 e. The number of nitrogens with zero attached hydrogens (tertiary/aromatic N) is 2. The number of hydrogen-bond acceptors (Lipinski definition) is 5. The van der Waals surface area contributed by atoms with Crippen LogP contribution >= 0.6 is 0 Å². The topological polar surface area (TPSA) is 96.3 Å². The Balaban J connectivity index is 1.42. The van der Waals surface area contributed by atoms with Gasteiger partial charge in [0.25, 0.3) is 0 Å². The average molecular weight is 493 g/mol. The second-order valence-corrected chi connectivity index (χ2v) is 9.41. The minimum Gasteiger partial charge on any atom is -0.489 e. The zero-order chi connectivity index (χ0) is 26.3. The normalized spacial score (nSPS) is 10.8. The number of amides is 2. The molecular formula is C30H28N4O3. The van der Waals surface area contributed by atoms with Gasteiger partial charge in [-0.25, -0.2) is 9.78 Å². The molecule has 1 heterocycles. The first-order valence-corrected chi connectivity index (χ1v) is 11.8. The van der Waals surface area contributed by atoms with E-state index in [1.54, 1.807) is 54.7 Å². The lowest BCUT2D eigenvalue weighted by Crippen LogP contribution is -2.20. The fourth-order valence-corrected chi connectivity index (χ4v) is 3.69. The van der Waals surface area contributed by atoms with E-state index in [0.29, 0.717) is 40.9 Å². The molecule has 0 unspecified atom stereocenters. The number of nitrogens with one attached hydrogen (secondary N) is 2. The van der Waals surface area contributed by atoms with Crippen LogP contribution in [0.3, 0.4) is 0 Å². The molecule has 0 aliphatic carbocycles. The van der Waals surface area contributed by atoms with Crippen molar-refractivity contribution in [2.75, 3.05) is 10.6 Å². The number of anilines is 2. The maximum atomic E-state index is 12.8. The molecule has 4 aromatic rings. The Hall–Kier alpha value is -4.83. The third kappa shape index (κ3) is 6.86. The standard InChI is InChI=1S/C30H28N4O3/c1-30(2,3)25-13-4-5-15-27(25)37-28-26(14-8-16-32-28)34-29(35)33-23-11-7-12-24(18-23)36-20-22-10-6-9-21(17-22)19-31/h4-18H,20H2,1-3H3,(H2,33,34,35). The predicted molar refractivity (Wildman–Crippen MR) is 144 cm³/mol. The van der Waals surface area contributed by atoms with Gasteiger partial charge < -0.3 is 20.1 Å². The molecule has 1 aromatic heterocycles. The van der Waals surface area contributed by atoms with Gasteiger partial charge in [-0.3, -0.25) is 0 Å². The van der Waals surface area contributed by atoms with Crippen LogP contribution in [0.25, 0.3) is 0 Å². The van der Waals surface area contributed by atoms with Crippen LogP contribution in [-0.2, 0) is 12.0 Å². The number of nitriles is 1. The number of hydrogen-bond donors (Lipinski definition) is 2. The van der Waals surface area contributed by atoms with Crippen LogP contribution in [-0.4, -0.2) is 11.0 Å². The van der Waals surface area contributed by atoms with Crippen LogP contribution in [0.2, 0.25) is 0 Å². The third-order valence-electron chi connectivity index (χ3n) is 5.47. The summed E-state index contributed by atoms with van der Waals surface area (Å²) in [6.07, 6.45) is 1.62. The zero-order valence-corrected chi connectivity index (χ0v) is 21.0. The van der Waals surface area contributed by atoms with Gasteiger partial charge in [0.05, 0.1) is 11.6 Å². The Bertz CT molecular complexity index is 1440. The van der Waals surface area contributed by atoms with Crippen molar-refractivity contribution in [1.82, 2.24) is 4.98 Å². The number of ether oxygens (including phenoxy) is 2. The second-order valence-electron chi connectivity index (χ2n) is 9.41. The van der Waals surface area contributed by atoms with Gasteiger partial charge in [-0.15, -0.1) is 0 Å². The van der Waals surface area contributed by atoms with Crippen LogP contribution in [0.4, 0.5) is 16.2 Å². The van der Waals surface area contributed by atoms with Crippen LogP contribution in [0.1, 0.15) is 37.5 Å². The van der Waals surface area contributed by atoms with Crippen molar-refractivity contribution >= 4 is 17.4 Å². The first-order valence-electron chi connectivity index (χ1n) is 11.8. The summed E-state index contributed by atoms with van der Waals surface area (Å²) in [5.41, 5.74) is 3.37. The molecule has 0 spiro atoms. The molecule has 0 radical (unpaired) electrons. The van der Waals surface area contributed by atoms with Crippen molar-refractivity contribution in [2.45, 2.75) is 32.8 Å². The number of pyridine rings is 1. The highest BCUT2D eigenvalue weighted by Gasteiger charge is 2.20. The number of benzene rings is 3. The van der Waals surface area contributed by atoms with Crippen molar-refractivity contribution < 1.29 is 14.3 Å². The van der Waals surface area contributed by atoms with E-state index < -0.39 is 6.03 Å². The van der Waals surface area contributed by atoms with Gasteiger partial charge in [-0.05, 0) is 53.4 Å². The molecule has 7 nitrogen and oxygen atoms in total. The van der Waals surface area contributed by atoms with Gasteiger partial charge in [-0.1, -0.05) is 57.2 Å². The van der Waals surface area contributed by atoms with Crippen LogP contribution in [0, 0.1) is 11.3 Å². The fourth-order valence-electron chi connectivity index (χ4n) is 3.69. The summed E-state index contributed by atoms with van der Waals surface area (Å²) in [5, 5.41) is 14.7. The van der Waals surface area contributed by atoms with Gasteiger partial charge in [0.15, 0.2) is 0 Å². The molecule has 0 bridgehead atoms. The van der Waals surface area contributed by atoms with Gasteiger partial charge in [0, 0.05) is 23.5 Å². The number of carbonyl (C=O) groups is 1. The first kappa shape index (κ1) is 25.3. The largest absolute Gasteiger partial charge is 0.489 e. The van der Waals surface area contributed by atoms with Gasteiger partial charge in [-0.2, -0.15) is 5.26 Å². The number of aromatic nitrogens is 1. The van der Waals surface area contributed by atoms with Crippen LogP contribution < -0.4 is 20.1 Å². The highest BCUT2D eigenvalue weighted by Crippen LogP contribution is 2.35. The molecule has 0 saturated carbocycles. The van der Waals surface area contributed by atoms with E-state index in [-0.39, 0.29) is 5.41 Å². The maximum absolute atomic E-state index is 12.8. The summed E-state index contributed by atoms with van der Waals surface area (Å²) >= 11 is 0. The number of para-hydroxylation sites is 1. The number of urea groups is 1. The summed E-state index contributed by atoms with van der Waals surface area (Å²) < 4.78 is 12.0. The van der Waals surface area contributed by atoms with Crippen LogP contribution in [0.5, 0.6) is 17.4 Å².